The number of halogens is 1. The zero-order valence-electron chi connectivity index (χ0n) is 11.0. The van der Waals surface area contributed by atoms with E-state index in [4.69, 9.17) is 5.73 Å². The highest BCUT2D eigenvalue weighted by Crippen LogP contribution is 2.25. The molecule has 2 aromatic rings. The van der Waals surface area contributed by atoms with E-state index in [1.54, 1.807) is 0 Å². The molecule has 3 nitrogen and oxygen atoms in total. The molecule has 0 atom stereocenters. The molecule has 1 heterocycles. The first kappa shape index (κ1) is 14.0. The Kier molecular flexibility index (Phi) is 4.93. The fourth-order valence-corrected chi connectivity index (χ4v) is 2.35. The average molecular weight is 320 g/mol. The molecule has 2 rings (SSSR count). The standard InChI is InChI=1S/C15H18BrN3/c1-2-19(11-13-7-3-4-9-18-13)10-12-6-5-8-14(17)15(12)16/h3-9H,2,10-11,17H2,1H3. The summed E-state index contributed by atoms with van der Waals surface area (Å²) in [4.78, 5) is 6.71. The highest BCUT2D eigenvalue weighted by molar-refractivity contribution is 9.10. The van der Waals surface area contributed by atoms with Gasteiger partial charge in [0.1, 0.15) is 0 Å². The van der Waals surface area contributed by atoms with Crippen molar-refractivity contribution >= 4 is 21.6 Å². The number of hydrogen-bond acceptors (Lipinski definition) is 3. The van der Waals surface area contributed by atoms with Gasteiger partial charge in [-0.25, -0.2) is 0 Å². The van der Waals surface area contributed by atoms with E-state index in [-0.39, 0.29) is 0 Å². The van der Waals surface area contributed by atoms with E-state index < -0.39 is 0 Å². The van der Waals surface area contributed by atoms with Crippen molar-refractivity contribution in [2.24, 2.45) is 0 Å². The normalized spacial score (nSPS) is 10.9. The van der Waals surface area contributed by atoms with Crippen molar-refractivity contribution in [2.45, 2.75) is 20.0 Å². The van der Waals surface area contributed by atoms with Crippen LogP contribution in [0.5, 0.6) is 0 Å². The smallest absolute Gasteiger partial charge is 0.0544 e. The maximum absolute atomic E-state index is 5.91. The van der Waals surface area contributed by atoms with E-state index in [0.717, 1.165) is 35.5 Å². The Morgan fingerprint density at radius 2 is 2.00 bits per heavy atom. The first-order chi connectivity index (χ1) is 9.20. The number of pyridine rings is 1. The van der Waals surface area contributed by atoms with Gasteiger partial charge in [0, 0.05) is 29.4 Å². The fourth-order valence-electron chi connectivity index (χ4n) is 1.96. The molecule has 0 fully saturated rings. The third kappa shape index (κ3) is 3.78. The van der Waals surface area contributed by atoms with E-state index in [1.807, 2.05) is 30.5 Å². The molecule has 0 aliphatic rings. The lowest BCUT2D eigenvalue weighted by Gasteiger charge is -2.21. The Balaban J connectivity index is 2.09. The Morgan fingerprint density at radius 3 is 2.68 bits per heavy atom. The lowest BCUT2D eigenvalue weighted by molar-refractivity contribution is 0.267. The summed E-state index contributed by atoms with van der Waals surface area (Å²) in [6.07, 6.45) is 1.83. The predicted octanol–water partition coefficient (Wildman–Crippen LogP) is 3.45. The fraction of sp³-hybridized carbons (Fsp3) is 0.267. The number of nitrogen functional groups attached to an aromatic ring is 1. The van der Waals surface area contributed by atoms with E-state index >= 15 is 0 Å². The largest absolute Gasteiger partial charge is 0.398 e. The molecular formula is C15H18BrN3. The lowest BCUT2D eigenvalue weighted by atomic mass is 10.2. The van der Waals surface area contributed by atoms with Crippen molar-refractivity contribution in [3.63, 3.8) is 0 Å². The second-order valence-corrected chi connectivity index (χ2v) is 5.24. The summed E-state index contributed by atoms with van der Waals surface area (Å²) >= 11 is 3.56. The van der Waals surface area contributed by atoms with Gasteiger partial charge in [0.2, 0.25) is 0 Å². The summed E-state index contributed by atoms with van der Waals surface area (Å²) in [5.74, 6) is 0. The molecular weight excluding hydrogens is 302 g/mol. The number of nitrogens with zero attached hydrogens (tertiary/aromatic N) is 2. The van der Waals surface area contributed by atoms with Crippen LogP contribution in [0.3, 0.4) is 0 Å². The minimum Gasteiger partial charge on any atom is -0.398 e. The van der Waals surface area contributed by atoms with Crippen LogP contribution in [0.25, 0.3) is 0 Å². The van der Waals surface area contributed by atoms with Crippen LogP contribution < -0.4 is 5.73 Å². The van der Waals surface area contributed by atoms with E-state index in [9.17, 15) is 0 Å². The van der Waals surface area contributed by atoms with Crippen LogP contribution in [-0.2, 0) is 13.1 Å². The number of rotatable bonds is 5. The van der Waals surface area contributed by atoms with E-state index in [0.29, 0.717) is 0 Å². The molecule has 0 spiro atoms. The van der Waals surface area contributed by atoms with Crippen LogP contribution >= 0.6 is 15.9 Å². The van der Waals surface area contributed by atoms with Crippen molar-refractivity contribution in [3.05, 3.63) is 58.3 Å². The number of nitrogens with two attached hydrogens (primary N) is 1. The van der Waals surface area contributed by atoms with Crippen LogP contribution in [0.4, 0.5) is 5.69 Å². The number of hydrogen-bond donors (Lipinski definition) is 1. The Bertz CT molecular complexity index is 528. The van der Waals surface area contributed by atoms with Crippen LogP contribution in [-0.4, -0.2) is 16.4 Å². The molecule has 0 aliphatic heterocycles. The summed E-state index contributed by atoms with van der Waals surface area (Å²) < 4.78 is 0.995. The molecule has 0 saturated heterocycles. The number of anilines is 1. The molecule has 4 heteroatoms. The third-order valence-electron chi connectivity index (χ3n) is 3.06. The minimum atomic E-state index is 0.784. The Morgan fingerprint density at radius 1 is 1.16 bits per heavy atom. The van der Waals surface area contributed by atoms with Gasteiger partial charge in [0.05, 0.1) is 5.69 Å². The zero-order valence-corrected chi connectivity index (χ0v) is 12.6. The van der Waals surface area contributed by atoms with Crippen LogP contribution in [0.15, 0.2) is 47.1 Å². The highest BCUT2D eigenvalue weighted by Gasteiger charge is 2.09. The minimum absolute atomic E-state index is 0.784. The average Bonchev–Trinajstić information content (AvgIpc) is 2.44. The Labute approximate surface area is 122 Å². The quantitative estimate of drug-likeness (QED) is 0.858. The molecule has 0 radical (unpaired) electrons. The van der Waals surface area contributed by atoms with Gasteiger partial charge >= 0.3 is 0 Å². The molecule has 2 N–H and O–H groups in total. The molecule has 0 unspecified atom stereocenters. The summed E-state index contributed by atoms with van der Waals surface area (Å²) in [6, 6.07) is 12.0. The Hall–Kier alpha value is -1.39. The second-order valence-electron chi connectivity index (χ2n) is 4.44. The van der Waals surface area contributed by atoms with Crippen LogP contribution in [0.2, 0.25) is 0 Å². The summed E-state index contributed by atoms with van der Waals surface area (Å²) in [7, 11) is 0. The van der Waals surface area contributed by atoms with Gasteiger partial charge in [-0.2, -0.15) is 0 Å². The molecule has 1 aromatic heterocycles. The lowest BCUT2D eigenvalue weighted by Crippen LogP contribution is -2.23. The van der Waals surface area contributed by atoms with Gasteiger partial charge in [-0.1, -0.05) is 25.1 Å². The monoisotopic (exact) mass is 319 g/mol. The van der Waals surface area contributed by atoms with E-state index in [1.165, 1.54) is 5.56 Å². The first-order valence-electron chi connectivity index (χ1n) is 6.36. The summed E-state index contributed by atoms with van der Waals surface area (Å²) in [5, 5.41) is 0. The maximum Gasteiger partial charge on any atom is 0.0544 e. The summed E-state index contributed by atoms with van der Waals surface area (Å²) in [5.41, 5.74) is 8.99. The number of benzene rings is 1. The van der Waals surface area contributed by atoms with Crippen LogP contribution in [0.1, 0.15) is 18.2 Å². The molecule has 1 aromatic carbocycles. The van der Waals surface area contributed by atoms with Gasteiger partial charge in [-0.15, -0.1) is 0 Å². The summed E-state index contributed by atoms with van der Waals surface area (Å²) in [6.45, 7) is 4.83. The van der Waals surface area contributed by atoms with Crippen molar-refractivity contribution in [1.82, 2.24) is 9.88 Å². The van der Waals surface area contributed by atoms with Gasteiger partial charge in [0.15, 0.2) is 0 Å². The predicted molar refractivity (Wildman–Crippen MR) is 82.6 cm³/mol. The van der Waals surface area contributed by atoms with Gasteiger partial charge in [-0.05, 0) is 46.2 Å². The van der Waals surface area contributed by atoms with Crippen molar-refractivity contribution in [3.8, 4) is 0 Å². The maximum atomic E-state index is 5.91. The molecule has 0 aliphatic carbocycles. The molecule has 100 valence electrons. The van der Waals surface area contributed by atoms with Gasteiger partial charge < -0.3 is 5.73 Å². The topological polar surface area (TPSA) is 42.2 Å². The van der Waals surface area contributed by atoms with Crippen molar-refractivity contribution in [2.75, 3.05) is 12.3 Å². The highest BCUT2D eigenvalue weighted by atomic mass is 79.9. The van der Waals surface area contributed by atoms with E-state index in [2.05, 4.69) is 44.9 Å². The molecule has 0 bridgehead atoms. The SMILES string of the molecule is CCN(Cc1ccccn1)Cc1cccc(N)c1Br. The molecule has 0 saturated carbocycles. The van der Waals surface area contributed by atoms with Crippen molar-refractivity contribution in [1.29, 1.82) is 0 Å². The zero-order chi connectivity index (χ0) is 13.7. The molecule has 0 amide bonds. The third-order valence-corrected chi connectivity index (χ3v) is 4.03. The van der Waals surface area contributed by atoms with Gasteiger partial charge in [-0.3, -0.25) is 9.88 Å². The first-order valence-corrected chi connectivity index (χ1v) is 7.15. The van der Waals surface area contributed by atoms with Gasteiger partial charge in [0.25, 0.3) is 0 Å². The molecule has 19 heavy (non-hydrogen) atoms. The second kappa shape index (κ2) is 6.68. The van der Waals surface area contributed by atoms with Crippen molar-refractivity contribution < 1.29 is 0 Å². The number of aromatic nitrogens is 1. The van der Waals surface area contributed by atoms with Crippen LogP contribution in [0, 0.1) is 0 Å².